The Morgan fingerprint density at radius 1 is 1.22 bits per heavy atom. The second-order valence-electron chi connectivity index (χ2n) is 5.13. The van der Waals surface area contributed by atoms with Gasteiger partial charge in [0.15, 0.2) is 0 Å². The maximum atomic E-state index is 5.45. The van der Waals surface area contributed by atoms with Gasteiger partial charge in [-0.25, -0.2) is 9.97 Å². The highest BCUT2D eigenvalue weighted by molar-refractivity contribution is 5.76. The van der Waals surface area contributed by atoms with Crippen LogP contribution in [0.2, 0.25) is 0 Å². The summed E-state index contributed by atoms with van der Waals surface area (Å²) >= 11 is 0. The number of fused-ring (bicyclic) bond motifs is 1. The van der Waals surface area contributed by atoms with E-state index in [0.29, 0.717) is 0 Å². The van der Waals surface area contributed by atoms with Crippen LogP contribution in [0.15, 0.2) is 24.3 Å². The number of rotatable bonds is 2. The number of para-hydroxylation sites is 2. The minimum atomic E-state index is -0.0259. The molecule has 1 atom stereocenters. The molecule has 1 aromatic carbocycles. The van der Waals surface area contributed by atoms with Gasteiger partial charge in [0.2, 0.25) is 0 Å². The molecule has 0 aliphatic carbocycles. The molecule has 1 N–H and O–H groups in total. The predicted molar refractivity (Wildman–Crippen MR) is 71.7 cm³/mol. The number of nitrogens with one attached hydrogen (secondary N) is 1. The van der Waals surface area contributed by atoms with Crippen LogP contribution in [0.1, 0.15) is 19.0 Å². The lowest BCUT2D eigenvalue weighted by Gasteiger charge is -2.25. The quantitative estimate of drug-likeness (QED) is 0.880. The van der Waals surface area contributed by atoms with Gasteiger partial charge in [0, 0.05) is 6.61 Å². The predicted octanol–water partition coefficient (Wildman–Crippen LogP) is 2.53. The average molecular weight is 243 g/mol. The van der Waals surface area contributed by atoms with Crippen molar-refractivity contribution in [1.82, 2.24) is 9.97 Å². The molecule has 0 saturated carbocycles. The highest BCUT2D eigenvalue weighted by atomic mass is 16.5. The van der Waals surface area contributed by atoms with Gasteiger partial charge in [-0.1, -0.05) is 12.1 Å². The van der Waals surface area contributed by atoms with Crippen molar-refractivity contribution in [1.29, 1.82) is 0 Å². The molecule has 1 fully saturated rings. The molecule has 1 aliphatic rings. The maximum Gasteiger partial charge on any atom is 0.148 e. The molecule has 4 heteroatoms. The number of hydrogen-bond donors (Lipinski definition) is 1. The summed E-state index contributed by atoms with van der Waals surface area (Å²) in [5, 5.41) is 3.48. The average Bonchev–Trinajstić information content (AvgIpc) is 2.77. The third-order valence-corrected chi connectivity index (χ3v) is 3.38. The monoisotopic (exact) mass is 243 g/mol. The van der Waals surface area contributed by atoms with Crippen molar-refractivity contribution in [3.8, 4) is 0 Å². The first-order chi connectivity index (χ1) is 8.66. The maximum absolute atomic E-state index is 5.45. The lowest BCUT2D eigenvalue weighted by Crippen LogP contribution is -2.35. The molecular formula is C14H17N3O. The van der Waals surface area contributed by atoms with Crippen LogP contribution in [-0.4, -0.2) is 28.7 Å². The molecule has 18 heavy (non-hydrogen) atoms. The largest absolute Gasteiger partial charge is 0.379 e. The number of benzene rings is 1. The molecule has 1 aromatic heterocycles. The number of aromatic nitrogens is 2. The molecule has 1 unspecified atom stereocenters. The zero-order chi connectivity index (χ0) is 12.6. The van der Waals surface area contributed by atoms with E-state index in [1.54, 1.807) is 0 Å². The Hall–Kier alpha value is -1.68. The van der Waals surface area contributed by atoms with Gasteiger partial charge in [-0.3, -0.25) is 0 Å². The van der Waals surface area contributed by atoms with Crippen molar-refractivity contribution in [3.05, 3.63) is 30.0 Å². The molecule has 3 rings (SSSR count). The molecule has 94 valence electrons. The molecule has 1 saturated heterocycles. The van der Waals surface area contributed by atoms with Crippen LogP contribution in [0.25, 0.3) is 11.0 Å². The van der Waals surface area contributed by atoms with Gasteiger partial charge in [0.25, 0.3) is 0 Å². The van der Waals surface area contributed by atoms with E-state index in [1.807, 2.05) is 31.2 Å². The Bertz CT molecular complexity index is 576. The summed E-state index contributed by atoms with van der Waals surface area (Å²) < 4.78 is 5.45. The minimum Gasteiger partial charge on any atom is -0.379 e. The van der Waals surface area contributed by atoms with Gasteiger partial charge >= 0.3 is 0 Å². The van der Waals surface area contributed by atoms with E-state index in [4.69, 9.17) is 4.74 Å². The van der Waals surface area contributed by atoms with Crippen molar-refractivity contribution in [2.45, 2.75) is 25.8 Å². The van der Waals surface area contributed by atoms with E-state index in [1.165, 1.54) is 0 Å². The summed E-state index contributed by atoms with van der Waals surface area (Å²) in [4.78, 5) is 9.24. The zero-order valence-corrected chi connectivity index (χ0v) is 10.7. The number of hydrogen-bond acceptors (Lipinski definition) is 4. The molecule has 0 radical (unpaired) electrons. The summed E-state index contributed by atoms with van der Waals surface area (Å²) in [6.45, 7) is 5.68. The third-order valence-electron chi connectivity index (χ3n) is 3.38. The van der Waals surface area contributed by atoms with Crippen molar-refractivity contribution in [2.24, 2.45) is 0 Å². The molecule has 4 nitrogen and oxygen atoms in total. The van der Waals surface area contributed by atoms with E-state index in [2.05, 4.69) is 22.2 Å². The molecule has 0 bridgehead atoms. The zero-order valence-electron chi connectivity index (χ0n) is 10.7. The Balaban J connectivity index is 1.98. The Morgan fingerprint density at radius 2 is 1.94 bits per heavy atom. The van der Waals surface area contributed by atoms with Gasteiger partial charge in [0.05, 0.1) is 28.9 Å². The van der Waals surface area contributed by atoms with Crippen LogP contribution in [0, 0.1) is 6.92 Å². The fraction of sp³-hybridized carbons (Fsp3) is 0.429. The van der Waals surface area contributed by atoms with Crippen LogP contribution in [0.4, 0.5) is 5.82 Å². The first-order valence-corrected chi connectivity index (χ1v) is 6.26. The Morgan fingerprint density at radius 3 is 2.61 bits per heavy atom. The van der Waals surface area contributed by atoms with Gasteiger partial charge in [-0.2, -0.15) is 0 Å². The second-order valence-corrected chi connectivity index (χ2v) is 5.13. The molecular weight excluding hydrogens is 226 g/mol. The minimum absolute atomic E-state index is 0.0259. The van der Waals surface area contributed by atoms with Gasteiger partial charge in [-0.15, -0.1) is 0 Å². The standard InChI is InChI=1S/C14H17N3O/c1-10-13(17-14(2)7-8-18-9-14)16-12-6-4-3-5-11(12)15-10/h3-6H,7-9H2,1-2H3,(H,16,17). The third kappa shape index (κ3) is 2.04. The number of ether oxygens (including phenoxy) is 1. The molecule has 1 aliphatic heterocycles. The molecule has 0 spiro atoms. The molecule has 2 heterocycles. The topological polar surface area (TPSA) is 47.0 Å². The van der Waals surface area contributed by atoms with Gasteiger partial charge < -0.3 is 10.1 Å². The summed E-state index contributed by atoms with van der Waals surface area (Å²) in [6, 6.07) is 7.94. The van der Waals surface area contributed by atoms with E-state index in [-0.39, 0.29) is 5.54 Å². The van der Waals surface area contributed by atoms with Crippen LogP contribution in [-0.2, 0) is 4.74 Å². The lowest BCUT2D eigenvalue weighted by molar-refractivity contribution is 0.185. The van der Waals surface area contributed by atoms with E-state index in [0.717, 1.165) is 42.2 Å². The first kappa shape index (κ1) is 11.4. The number of anilines is 1. The smallest absolute Gasteiger partial charge is 0.148 e. The first-order valence-electron chi connectivity index (χ1n) is 6.26. The molecule has 2 aromatic rings. The van der Waals surface area contributed by atoms with Gasteiger partial charge in [0.1, 0.15) is 5.82 Å². The van der Waals surface area contributed by atoms with E-state index < -0.39 is 0 Å². The lowest BCUT2D eigenvalue weighted by atomic mass is 10.0. The Labute approximate surface area is 106 Å². The summed E-state index contributed by atoms with van der Waals surface area (Å²) in [5.74, 6) is 0.863. The normalized spacial score (nSPS) is 23.4. The highest BCUT2D eigenvalue weighted by Gasteiger charge is 2.30. The van der Waals surface area contributed by atoms with Crippen LogP contribution < -0.4 is 5.32 Å². The van der Waals surface area contributed by atoms with Crippen molar-refractivity contribution >= 4 is 16.9 Å². The number of nitrogens with zero attached hydrogens (tertiary/aromatic N) is 2. The fourth-order valence-corrected chi connectivity index (χ4v) is 2.26. The summed E-state index contributed by atoms with van der Waals surface area (Å²) in [5.41, 5.74) is 2.77. The number of aryl methyl sites for hydroxylation is 1. The summed E-state index contributed by atoms with van der Waals surface area (Å²) in [6.07, 6.45) is 1.00. The fourth-order valence-electron chi connectivity index (χ4n) is 2.26. The van der Waals surface area contributed by atoms with E-state index >= 15 is 0 Å². The van der Waals surface area contributed by atoms with E-state index in [9.17, 15) is 0 Å². The second kappa shape index (κ2) is 4.21. The van der Waals surface area contributed by atoms with Crippen LogP contribution in [0.3, 0.4) is 0 Å². The SMILES string of the molecule is Cc1nc2ccccc2nc1NC1(C)CCOC1. The van der Waals surface area contributed by atoms with Crippen molar-refractivity contribution in [3.63, 3.8) is 0 Å². The highest BCUT2D eigenvalue weighted by Crippen LogP contribution is 2.25. The van der Waals surface area contributed by atoms with Crippen molar-refractivity contribution < 1.29 is 4.74 Å². The Kier molecular flexibility index (Phi) is 2.67. The van der Waals surface area contributed by atoms with Crippen molar-refractivity contribution in [2.75, 3.05) is 18.5 Å². The summed E-state index contributed by atoms with van der Waals surface area (Å²) in [7, 11) is 0. The van der Waals surface area contributed by atoms with Crippen LogP contribution >= 0.6 is 0 Å². The van der Waals surface area contributed by atoms with Crippen LogP contribution in [0.5, 0.6) is 0 Å². The molecule has 0 amide bonds. The van der Waals surface area contributed by atoms with Gasteiger partial charge in [-0.05, 0) is 32.4 Å².